The molecule has 3 rings (SSSR count). The van der Waals surface area contributed by atoms with Crippen molar-refractivity contribution in [1.82, 2.24) is 15.0 Å². The van der Waals surface area contributed by atoms with Gasteiger partial charge in [0.05, 0.1) is 29.2 Å². The van der Waals surface area contributed by atoms with Gasteiger partial charge in [-0.25, -0.2) is 9.97 Å². The van der Waals surface area contributed by atoms with E-state index in [1.165, 1.54) is 6.20 Å². The average molecular weight is 373 g/mol. The van der Waals surface area contributed by atoms with Crippen molar-refractivity contribution in [1.29, 1.82) is 0 Å². The van der Waals surface area contributed by atoms with Crippen molar-refractivity contribution in [2.24, 2.45) is 0 Å². The highest BCUT2D eigenvalue weighted by Crippen LogP contribution is 2.30. The van der Waals surface area contributed by atoms with Gasteiger partial charge in [0.1, 0.15) is 11.6 Å². The summed E-state index contributed by atoms with van der Waals surface area (Å²) in [6.07, 6.45) is -0.497. The van der Waals surface area contributed by atoms with E-state index in [1.807, 2.05) is 24.3 Å². The van der Waals surface area contributed by atoms with Crippen LogP contribution < -0.4 is 11.1 Å². The number of nitrogen functional groups attached to an aromatic ring is 1. The third kappa shape index (κ3) is 4.38. The maximum Gasteiger partial charge on any atom is 0.417 e. The fraction of sp³-hybridized carbons (Fsp3) is 0.111. The van der Waals surface area contributed by atoms with Crippen LogP contribution in [0.2, 0.25) is 0 Å². The first-order valence-corrected chi connectivity index (χ1v) is 7.80. The molecule has 0 aliphatic rings. The Morgan fingerprint density at radius 2 is 1.78 bits per heavy atom. The number of anilines is 2. The number of alkyl halides is 3. The molecule has 27 heavy (non-hydrogen) atoms. The van der Waals surface area contributed by atoms with E-state index in [0.29, 0.717) is 24.0 Å². The molecule has 2 aromatic heterocycles. The molecule has 9 heteroatoms. The molecule has 0 radical (unpaired) electrons. The molecule has 0 atom stereocenters. The molecular formula is C18H14F3N5O. The summed E-state index contributed by atoms with van der Waals surface area (Å²) in [4.78, 5) is 22.9. The maximum atomic E-state index is 12.7. The summed E-state index contributed by atoms with van der Waals surface area (Å²) in [6.45, 7) is 0.285. The largest absolute Gasteiger partial charge is 0.417 e. The van der Waals surface area contributed by atoms with E-state index in [1.54, 1.807) is 6.20 Å². The summed E-state index contributed by atoms with van der Waals surface area (Å²) < 4.78 is 38.1. The summed E-state index contributed by atoms with van der Waals surface area (Å²) in [5, 5.41) is 2.87. The third-order valence-corrected chi connectivity index (χ3v) is 3.75. The van der Waals surface area contributed by atoms with Crippen molar-refractivity contribution in [3.8, 4) is 11.3 Å². The van der Waals surface area contributed by atoms with Crippen LogP contribution in [0, 0.1) is 0 Å². The molecule has 2 heterocycles. The lowest BCUT2D eigenvalue weighted by Gasteiger charge is -2.11. The van der Waals surface area contributed by atoms with Gasteiger partial charge >= 0.3 is 6.18 Å². The van der Waals surface area contributed by atoms with Crippen LogP contribution in [0.5, 0.6) is 0 Å². The van der Waals surface area contributed by atoms with Crippen molar-refractivity contribution in [2.75, 3.05) is 11.1 Å². The molecular weight excluding hydrogens is 359 g/mol. The standard InChI is InChI=1S/C18H14F3N5O/c19-18(20,21)14-5-13(10-27)17(26-7-14)25-6-11-1-3-12(4-2-11)15-8-24-16(22)9-23-15/h1-5,7-10H,6H2,(H2,22,24)(H,25,26). The zero-order chi connectivity index (χ0) is 19.4. The number of rotatable bonds is 5. The molecule has 3 aromatic rings. The van der Waals surface area contributed by atoms with Gasteiger partial charge in [-0.05, 0) is 11.6 Å². The first-order chi connectivity index (χ1) is 12.9. The Hall–Kier alpha value is -3.49. The van der Waals surface area contributed by atoms with Crippen LogP contribution in [-0.2, 0) is 12.7 Å². The number of nitrogens with one attached hydrogen (secondary N) is 1. The van der Waals surface area contributed by atoms with Crippen molar-refractivity contribution >= 4 is 17.9 Å². The fourth-order valence-electron chi connectivity index (χ4n) is 2.34. The van der Waals surface area contributed by atoms with Crippen LogP contribution in [0.25, 0.3) is 11.3 Å². The summed E-state index contributed by atoms with van der Waals surface area (Å²) >= 11 is 0. The van der Waals surface area contributed by atoms with Crippen LogP contribution in [0.3, 0.4) is 0 Å². The van der Waals surface area contributed by atoms with Gasteiger partial charge in [0.25, 0.3) is 0 Å². The van der Waals surface area contributed by atoms with Gasteiger partial charge in [-0.2, -0.15) is 13.2 Å². The normalized spacial score (nSPS) is 11.2. The second-order valence-electron chi connectivity index (χ2n) is 5.65. The highest BCUT2D eigenvalue weighted by Gasteiger charge is 2.31. The number of nitrogens with two attached hydrogens (primary N) is 1. The number of aromatic nitrogens is 3. The Balaban J connectivity index is 1.71. The van der Waals surface area contributed by atoms with Crippen molar-refractivity contribution in [3.05, 3.63) is 65.6 Å². The molecule has 0 bridgehead atoms. The summed E-state index contributed by atoms with van der Waals surface area (Å²) in [5.74, 6) is 0.418. The molecule has 0 aliphatic heterocycles. The monoisotopic (exact) mass is 373 g/mol. The van der Waals surface area contributed by atoms with Crippen LogP contribution in [-0.4, -0.2) is 21.2 Å². The number of benzene rings is 1. The Kier molecular flexibility index (Phi) is 5.02. The minimum Gasteiger partial charge on any atom is -0.382 e. The first kappa shape index (κ1) is 18.3. The fourth-order valence-corrected chi connectivity index (χ4v) is 2.34. The molecule has 0 amide bonds. The van der Waals surface area contributed by atoms with E-state index in [0.717, 1.165) is 17.2 Å². The predicted octanol–water partition coefficient (Wildman–Crippen LogP) is 3.56. The van der Waals surface area contributed by atoms with E-state index in [-0.39, 0.29) is 17.9 Å². The summed E-state index contributed by atoms with van der Waals surface area (Å²) in [5.41, 5.74) is 6.73. The molecule has 0 spiro atoms. The smallest absolute Gasteiger partial charge is 0.382 e. The van der Waals surface area contributed by atoms with E-state index in [9.17, 15) is 18.0 Å². The number of hydrogen-bond acceptors (Lipinski definition) is 6. The Morgan fingerprint density at radius 3 is 2.37 bits per heavy atom. The van der Waals surface area contributed by atoms with Gasteiger partial charge in [-0.3, -0.25) is 9.78 Å². The topological polar surface area (TPSA) is 93.8 Å². The minimum absolute atomic E-state index is 0.0893. The maximum absolute atomic E-state index is 12.7. The van der Waals surface area contributed by atoms with E-state index >= 15 is 0 Å². The Bertz CT molecular complexity index is 941. The lowest BCUT2D eigenvalue weighted by atomic mass is 10.1. The Labute approximate surface area is 152 Å². The lowest BCUT2D eigenvalue weighted by Crippen LogP contribution is -2.10. The highest BCUT2D eigenvalue weighted by molar-refractivity contribution is 5.82. The minimum atomic E-state index is -4.55. The number of hydrogen-bond donors (Lipinski definition) is 2. The molecule has 0 fully saturated rings. The first-order valence-electron chi connectivity index (χ1n) is 7.80. The van der Waals surface area contributed by atoms with E-state index < -0.39 is 11.7 Å². The van der Waals surface area contributed by atoms with Gasteiger partial charge in [-0.15, -0.1) is 0 Å². The SMILES string of the molecule is Nc1cnc(-c2ccc(CNc3ncc(C(F)(F)F)cc3C=O)cc2)cn1. The number of nitrogens with zero attached hydrogens (tertiary/aromatic N) is 3. The third-order valence-electron chi connectivity index (χ3n) is 3.75. The van der Waals surface area contributed by atoms with Crippen molar-refractivity contribution in [3.63, 3.8) is 0 Å². The van der Waals surface area contributed by atoms with Gasteiger partial charge < -0.3 is 11.1 Å². The number of aldehydes is 1. The zero-order valence-electron chi connectivity index (χ0n) is 13.9. The van der Waals surface area contributed by atoms with E-state index in [2.05, 4.69) is 20.3 Å². The summed E-state index contributed by atoms with van der Waals surface area (Å²) in [7, 11) is 0. The second-order valence-corrected chi connectivity index (χ2v) is 5.65. The molecule has 0 aliphatic carbocycles. The molecule has 138 valence electrons. The number of halogens is 3. The molecule has 0 unspecified atom stereocenters. The molecule has 0 saturated heterocycles. The summed E-state index contributed by atoms with van der Waals surface area (Å²) in [6, 6.07) is 8.08. The molecule has 1 aromatic carbocycles. The molecule has 3 N–H and O–H groups in total. The quantitative estimate of drug-likeness (QED) is 0.664. The molecule has 6 nitrogen and oxygen atoms in total. The van der Waals surface area contributed by atoms with Crippen molar-refractivity contribution < 1.29 is 18.0 Å². The van der Waals surface area contributed by atoms with Gasteiger partial charge in [0, 0.05) is 18.3 Å². The van der Waals surface area contributed by atoms with Crippen LogP contribution >= 0.6 is 0 Å². The van der Waals surface area contributed by atoms with E-state index in [4.69, 9.17) is 5.73 Å². The Morgan fingerprint density at radius 1 is 1.04 bits per heavy atom. The number of pyridine rings is 1. The average Bonchev–Trinajstić information content (AvgIpc) is 2.66. The number of carbonyl (C=O) groups excluding carboxylic acids is 1. The molecule has 0 saturated carbocycles. The van der Waals surface area contributed by atoms with Crippen LogP contribution in [0.15, 0.2) is 48.9 Å². The van der Waals surface area contributed by atoms with Crippen LogP contribution in [0.4, 0.5) is 24.8 Å². The van der Waals surface area contributed by atoms with Crippen molar-refractivity contribution in [2.45, 2.75) is 12.7 Å². The second kappa shape index (κ2) is 7.40. The zero-order valence-corrected chi connectivity index (χ0v) is 13.9. The predicted molar refractivity (Wildman–Crippen MR) is 93.8 cm³/mol. The van der Waals surface area contributed by atoms with Gasteiger partial charge in [0.2, 0.25) is 0 Å². The van der Waals surface area contributed by atoms with Crippen LogP contribution in [0.1, 0.15) is 21.5 Å². The highest BCUT2D eigenvalue weighted by atomic mass is 19.4. The van der Waals surface area contributed by atoms with Gasteiger partial charge in [0.15, 0.2) is 6.29 Å². The lowest BCUT2D eigenvalue weighted by molar-refractivity contribution is -0.137. The van der Waals surface area contributed by atoms with Gasteiger partial charge in [-0.1, -0.05) is 24.3 Å². The number of carbonyl (C=O) groups is 1.